The van der Waals surface area contributed by atoms with Gasteiger partial charge in [-0.1, -0.05) is 19.8 Å². The number of carboxylic acid groups (broad SMARTS) is 1. The minimum absolute atomic E-state index is 0.0396. The second-order valence-electron chi connectivity index (χ2n) is 7.38. The van der Waals surface area contributed by atoms with Gasteiger partial charge in [0, 0.05) is 18.1 Å². The van der Waals surface area contributed by atoms with Crippen molar-refractivity contribution >= 4 is 17.9 Å². The molecule has 3 rings (SSSR count). The number of nitrogens with zero attached hydrogens (tertiary/aromatic N) is 2. The number of hydrogen-bond donors (Lipinski definition) is 3. The molecule has 2 atom stereocenters. The van der Waals surface area contributed by atoms with Crippen LogP contribution in [0.3, 0.4) is 0 Å². The number of carbonyl (C=O) groups is 3. The van der Waals surface area contributed by atoms with E-state index in [2.05, 4.69) is 10.6 Å². The molecule has 0 aromatic carbocycles. The largest absolute Gasteiger partial charge is 0.480 e. The standard InChI is InChI=1S/C17H28N4O4/c1-2-20(10-16(23)24)12-7-11(8-12)18-17(25)21-9-15(22)19-13-5-3-4-6-14(13)21/h11-14H,2-10H2,1H3,(H,18,25)(H,19,22)(H,23,24). The Hall–Kier alpha value is -1.83. The van der Waals surface area contributed by atoms with Crippen LogP contribution >= 0.6 is 0 Å². The van der Waals surface area contributed by atoms with Crippen molar-refractivity contribution in [3.05, 3.63) is 0 Å². The molecule has 25 heavy (non-hydrogen) atoms. The Morgan fingerprint density at radius 3 is 2.72 bits per heavy atom. The van der Waals surface area contributed by atoms with Gasteiger partial charge in [0.25, 0.3) is 0 Å². The first-order valence-corrected chi connectivity index (χ1v) is 9.30. The maximum absolute atomic E-state index is 12.7. The number of piperazine rings is 1. The van der Waals surface area contributed by atoms with E-state index in [4.69, 9.17) is 5.11 Å². The number of carboxylic acids is 1. The van der Waals surface area contributed by atoms with Gasteiger partial charge >= 0.3 is 12.0 Å². The van der Waals surface area contributed by atoms with Crippen molar-refractivity contribution in [3.63, 3.8) is 0 Å². The van der Waals surface area contributed by atoms with Gasteiger partial charge in [0.2, 0.25) is 5.91 Å². The molecule has 0 spiro atoms. The number of amides is 3. The molecule has 8 heteroatoms. The smallest absolute Gasteiger partial charge is 0.318 e. The summed E-state index contributed by atoms with van der Waals surface area (Å²) in [4.78, 5) is 39.1. The lowest BCUT2D eigenvalue weighted by Gasteiger charge is -2.46. The highest BCUT2D eigenvalue weighted by Gasteiger charge is 2.41. The summed E-state index contributed by atoms with van der Waals surface area (Å²) in [5, 5.41) is 15.0. The van der Waals surface area contributed by atoms with Crippen LogP contribution in [0.1, 0.15) is 45.4 Å². The van der Waals surface area contributed by atoms with Crippen LogP contribution in [0.2, 0.25) is 0 Å². The van der Waals surface area contributed by atoms with Crippen molar-refractivity contribution in [2.45, 2.75) is 69.6 Å². The van der Waals surface area contributed by atoms with E-state index < -0.39 is 5.97 Å². The molecule has 8 nitrogen and oxygen atoms in total. The van der Waals surface area contributed by atoms with E-state index in [1.54, 1.807) is 4.90 Å². The predicted molar refractivity (Wildman–Crippen MR) is 91.1 cm³/mol. The summed E-state index contributed by atoms with van der Waals surface area (Å²) in [5.74, 6) is -0.902. The predicted octanol–water partition coefficient (Wildman–Crippen LogP) is 0.377. The van der Waals surface area contributed by atoms with Crippen LogP contribution in [0.25, 0.3) is 0 Å². The molecule has 0 bridgehead atoms. The Balaban J connectivity index is 1.51. The number of carbonyl (C=O) groups excluding carboxylic acids is 2. The zero-order chi connectivity index (χ0) is 18.0. The average molecular weight is 352 g/mol. The van der Waals surface area contributed by atoms with E-state index in [0.717, 1.165) is 38.5 Å². The molecule has 3 fully saturated rings. The minimum Gasteiger partial charge on any atom is -0.480 e. The summed E-state index contributed by atoms with van der Waals surface area (Å²) in [7, 11) is 0. The minimum atomic E-state index is -0.822. The maximum atomic E-state index is 12.7. The third-order valence-electron chi connectivity index (χ3n) is 5.75. The van der Waals surface area contributed by atoms with E-state index in [1.165, 1.54) is 0 Å². The van der Waals surface area contributed by atoms with Gasteiger partial charge in [-0.3, -0.25) is 14.5 Å². The fourth-order valence-electron chi connectivity index (χ4n) is 4.33. The molecule has 2 saturated carbocycles. The molecule has 2 unspecified atom stereocenters. The third-order valence-corrected chi connectivity index (χ3v) is 5.75. The van der Waals surface area contributed by atoms with Crippen molar-refractivity contribution in [3.8, 4) is 0 Å². The van der Waals surface area contributed by atoms with Gasteiger partial charge in [0.1, 0.15) is 6.54 Å². The lowest BCUT2D eigenvalue weighted by atomic mass is 9.85. The Bertz CT molecular complexity index is 535. The molecule has 0 radical (unpaired) electrons. The van der Waals surface area contributed by atoms with Crippen molar-refractivity contribution < 1.29 is 19.5 Å². The molecule has 3 amide bonds. The summed E-state index contributed by atoms with van der Waals surface area (Å²) in [5.41, 5.74) is 0. The average Bonchev–Trinajstić information content (AvgIpc) is 2.54. The van der Waals surface area contributed by atoms with Crippen LogP contribution < -0.4 is 10.6 Å². The first-order valence-electron chi connectivity index (χ1n) is 9.30. The van der Waals surface area contributed by atoms with Crippen molar-refractivity contribution in [1.29, 1.82) is 0 Å². The maximum Gasteiger partial charge on any atom is 0.318 e. The lowest BCUT2D eigenvalue weighted by molar-refractivity contribution is -0.139. The molecular formula is C17H28N4O4. The number of nitrogens with one attached hydrogen (secondary N) is 2. The molecule has 1 heterocycles. The molecule has 2 aliphatic carbocycles. The topological polar surface area (TPSA) is 102 Å². The fraction of sp³-hybridized carbons (Fsp3) is 0.824. The Kier molecular flexibility index (Phi) is 5.46. The van der Waals surface area contributed by atoms with Gasteiger partial charge in [-0.25, -0.2) is 4.79 Å². The number of aliphatic carboxylic acids is 1. The van der Waals surface area contributed by atoms with E-state index in [0.29, 0.717) is 6.54 Å². The van der Waals surface area contributed by atoms with Crippen molar-refractivity contribution in [2.75, 3.05) is 19.6 Å². The second kappa shape index (κ2) is 7.59. The molecular weight excluding hydrogens is 324 g/mol. The van der Waals surface area contributed by atoms with Gasteiger partial charge in [-0.05, 0) is 32.2 Å². The third kappa shape index (κ3) is 4.05. The van der Waals surface area contributed by atoms with Crippen LogP contribution in [0.15, 0.2) is 0 Å². The summed E-state index contributed by atoms with van der Waals surface area (Å²) in [6.07, 6.45) is 5.59. The van der Waals surface area contributed by atoms with Crippen LogP contribution in [-0.4, -0.2) is 76.6 Å². The van der Waals surface area contributed by atoms with Crippen LogP contribution in [-0.2, 0) is 9.59 Å². The molecule has 3 aliphatic rings. The number of rotatable bonds is 5. The molecule has 1 aliphatic heterocycles. The zero-order valence-corrected chi connectivity index (χ0v) is 14.7. The molecule has 3 N–H and O–H groups in total. The second-order valence-corrected chi connectivity index (χ2v) is 7.38. The van der Waals surface area contributed by atoms with Crippen LogP contribution in [0, 0.1) is 0 Å². The first kappa shape index (κ1) is 18.0. The van der Waals surface area contributed by atoms with Crippen LogP contribution in [0.5, 0.6) is 0 Å². The van der Waals surface area contributed by atoms with E-state index >= 15 is 0 Å². The van der Waals surface area contributed by atoms with Crippen LogP contribution in [0.4, 0.5) is 4.79 Å². The molecule has 1 saturated heterocycles. The highest BCUT2D eigenvalue weighted by atomic mass is 16.4. The van der Waals surface area contributed by atoms with E-state index in [1.807, 2.05) is 11.8 Å². The Morgan fingerprint density at radius 1 is 1.32 bits per heavy atom. The lowest BCUT2D eigenvalue weighted by Crippen LogP contribution is -2.66. The summed E-state index contributed by atoms with van der Waals surface area (Å²) in [6.45, 7) is 2.80. The number of urea groups is 1. The molecule has 0 aromatic heterocycles. The fourth-order valence-corrected chi connectivity index (χ4v) is 4.33. The number of fused-ring (bicyclic) bond motifs is 1. The monoisotopic (exact) mass is 352 g/mol. The van der Waals surface area contributed by atoms with Gasteiger partial charge in [-0.15, -0.1) is 0 Å². The Labute approximate surface area is 147 Å². The van der Waals surface area contributed by atoms with Crippen molar-refractivity contribution in [2.24, 2.45) is 0 Å². The van der Waals surface area contributed by atoms with E-state index in [9.17, 15) is 14.4 Å². The highest BCUT2D eigenvalue weighted by molar-refractivity contribution is 5.86. The summed E-state index contributed by atoms with van der Waals surface area (Å²) in [6, 6.07) is 0.296. The van der Waals surface area contributed by atoms with Gasteiger partial charge in [-0.2, -0.15) is 0 Å². The van der Waals surface area contributed by atoms with Crippen molar-refractivity contribution in [1.82, 2.24) is 20.4 Å². The summed E-state index contributed by atoms with van der Waals surface area (Å²) >= 11 is 0. The van der Waals surface area contributed by atoms with Gasteiger partial charge in [0.15, 0.2) is 0 Å². The highest BCUT2D eigenvalue weighted by Crippen LogP contribution is 2.28. The Morgan fingerprint density at radius 2 is 2.04 bits per heavy atom. The first-order chi connectivity index (χ1) is 12.0. The number of likely N-dealkylation sites (N-methyl/N-ethyl adjacent to an activating group) is 1. The normalized spacial score (nSPS) is 31.8. The quantitative estimate of drug-likeness (QED) is 0.664. The zero-order valence-electron chi connectivity index (χ0n) is 14.7. The van der Waals surface area contributed by atoms with E-state index in [-0.39, 0.29) is 49.2 Å². The SMILES string of the molecule is CCN(CC(=O)O)C1CC(NC(=O)N2CC(=O)NC3CCCCC32)C1. The molecule has 0 aromatic rings. The number of hydrogen-bond acceptors (Lipinski definition) is 4. The summed E-state index contributed by atoms with van der Waals surface area (Å²) < 4.78 is 0. The van der Waals surface area contributed by atoms with Gasteiger partial charge < -0.3 is 20.6 Å². The van der Waals surface area contributed by atoms with Gasteiger partial charge in [0.05, 0.1) is 12.6 Å². The molecule has 140 valence electrons.